The number of fused-ring (bicyclic) bond motifs is 1. The van der Waals surface area contributed by atoms with Crippen LogP contribution in [0, 0.1) is 0 Å². The van der Waals surface area contributed by atoms with Gasteiger partial charge in [-0.3, -0.25) is 9.59 Å². The van der Waals surface area contributed by atoms with Crippen LogP contribution in [0.1, 0.15) is 27.1 Å². The van der Waals surface area contributed by atoms with Crippen LogP contribution in [0.5, 0.6) is 11.5 Å². The molecular weight excluding hydrogens is 264 g/mol. The summed E-state index contributed by atoms with van der Waals surface area (Å²) in [5, 5.41) is 39.2. The topological polar surface area (TPSA) is 115 Å². The smallest absolute Gasteiger partial charge is 0.199 e. The van der Waals surface area contributed by atoms with Crippen molar-refractivity contribution in [3.63, 3.8) is 0 Å². The van der Waals surface area contributed by atoms with Crippen molar-refractivity contribution < 1.29 is 30.0 Å². The van der Waals surface area contributed by atoms with E-state index in [1.165, 1.54) is 12.2 Å². The molecule has 0 fully saturated rings. The highest BCUT2D eigenvalue weighted by Gasteiger charge is 2.45. The van der Waals surface area contributed by atoms with Crippen LogP contribution in [0.25, 0.3) is 0 Å². The van der Waals surface area contributed by atoms with Crippen LogP contribution >= 0.6 is 0 Å². The van der Waals surface area contributed by atoms with Crippen LogP contribution in [0.4, 0.5) is 0 Å². The van der Waals surface area contributed by atoms with Gasteiger partial charge < -0.3 is 20.4 Å². The summed E-state index contributed by atoms with van der Waals surface area (Å²) in [5.74, 6) is -5.01. The van der Waals surface area contributed by atoms with E-state index in [0.717, 1.165) is 12.1 Å². The van der Waals surface area contributed by atoms with Crippen molar-refractivity contribution >= 4 is 11.6 Å². The first kappa shape index (κ1) is 12.6. The van der Waals surface area contributed by atoms with Crippen molar-refractivity contribution in [2.24, 2.45) is 0 Å². The minimum atomic E-state index is -2.47. The quantitative estimate of drug-likeness (QED) is 0.402. The lowest BCUT2D eigenvalue weighted by Gasteiger charge is -2.31. The maximum absolute atomic E-state index is 12.4. The molecule has 0 saturated carbocycles. The highest BCUT2D eigenvalue weighted by Crippen LogP contribution is 2.42. The lowest BCUT2D eigenvalue weighted by atomic mass is 9.77. The van der Waals surface area contributed by atoms with Gasteiger partial charge in [0.25, 0.3) is 0 Å². The fraction of sp³-hybridized carbons (Fsp3) is 0.143. The van der Waals surface area contributed by atoms with Gasteiger partial charge in [-0.15, -0.1) is 0 Å². The van der Waals surface area contributed by atoms with Crippen molar-refractivity contribution in [1.82, 2.24) is 0 Å². The molecule has 1 aromatic rings. The number of allylic oxidation sites excluding steroid dienone is 2. The monoisotopic (exact) mass is 274 g/mol. The number of Topliss-reactive ketones (excluding diaryl/α,β-unsaturated/α-hetero) is 2. The summed E-state index contributed by atoms with van der Waals surface area (Å²) in [4.78, 5) is 24.7. The number of aromatic hydroxyl groups is 2. The van der Waals surface area contributed by atoms with Gasteiger partial charge in [0.15, 0.2) is 17.4 Å². The third-order valence-electron chi connectivity index (χ3n) is 3.44. The van der Waals surface area contributed by atoms with E-state index in [-0.39, 0.29) is 17.6 Å². The van der Waals surface area contributed by atoms with E-state index in [2.05, 4.69) is 0 Å². The molecule has 0 bridgehead atoms. The van der Waals surface area contributed by atoms with Crippen LogP contribution in [0.15, 0.2) is 35.4 Å². The summed E-state index contributed by atoms with van der Waals surface area (Å²) in [6, 6.07) is 2.17. The standard InChI is InChI=1S/C14H10O6/c15-7-3-4-8(16)10-9(7)12(17)6-2-1-5-14(19,20)11(6)13(10)18/h1-4,15-16,19-20H,5H2. The van der Waals surface area contributed by atoms with Gasteiger partial charge in [0.2, 0.25) is 0 Å². The summed E-state index contributed by atoms with van der Waals surface area (Å²) >= 11 is 0. The SMILES string of the molecule is O=C1C2=C(C(=O)c3c(O)ccc(O)c31)C(O)(O)CC=C2. The van der Waals surface area contributed by atoms with Gasteiger partial charge in [0.05, 0.1) is 16.7 Å². The van der Waals surface area contributed by atoms with Gasteiger partial charge in [-0.05, 0) is 12.1 Å². The molecule has 0 spiro atoms. The van der Waals surface area contributed by atoms with Crippen molar-refractivity contribution in [2.75, 3.05) is 0 Å². The number of phenols is 2. The number of rotatable bonds is 0. The Labute approximate surface area is 112 Å². The van der Waals surface area contributed by atoms with E-state index in [4.69, 9.17) is 0 Å². The minimum Gasteiger partial charge on any atom is -0.507 e. The molecule has 2 aliphatic carbocycles. The molecule has 20 heavy (non-hydrogen) atoms. The highest BCUT2D eigenvalue weighted by atomic mass is 16.5. The van der Waals surface area contributed by atoms with E-state index in [1.807, 2.05) is 0 Å². The van der Waals surface area contributed by atoms with E-state index < -0.39 is 40.0 Å². The molecule has 0 saturated heterocycles. The molecule has 2 aliphatic rings. The number of phenolic OH excluding ortho intramolecular Hbond substituents is 2. The van der Waals surface area contributed by atoms with Crippen LogP contribution in [-0.2, 0) is 0 Å². The van der Waals surface area contributed by atoms with Crippen LogP contribution < -0.4 is 0 Å². The lowest BCUT2D eigenvalue weighted by Crippen LogP contribution is -2.40. The number of aliphatic hydroxyl groups is 2. The zero-order valence-electron chi connectivity index (χ0n) is 10.1. The van der Waals surface area contributed by atoms with Gasteiger partial charge in [0, 0.05) is 12.0 Å². The molecule has 0 unspecified atom stereocenters. The first-order chi connectivity index (χ1) is 9.34. The summed E-state index contributed by atoms with van der Waals surface area (Å²) in [7, 11) is 0. The summed E-state index contributed by atoms with van der Waals surface area (Å²) < 4.78 is 0. The Hall–Kier alpha value is -2.44. The van der Waals surface area contributed by atoms with Crippen LogP contribution in [0.3, 0.4) is 0 Å². The molecule has 0 radical (unpaired) electrons. The Kier molecular flexibility index (Phi) is 2.38. The van der Waals surface area contributed by atoms with E-state index in [0.29, 0.717) is 0 Å². The third-order valence-corrected chi connectivity index (χ3v) is 3.44. The molecule has 3 rings (SSSR count). The van der Waals surface area contributed by atoms with Crippen molar-refractivity contribution in [2.45, 2.75) is 12.2 Å². The van der Waals surface area contributed by atoms with Crippen molar-refractivity contribution in [3.8, 4) is 11.5 Å². The number of ketones is 2. The average molecular weight is 274 g/mol. The Bertz CT molecular complexity index is 723. The Balaban J connectivity index is 2.37. The molecule has 102 valence electrons. The average Bonchev–Trinajstić information content (AvgIpc) is 2.37. The predicted molar refractivity (Wildman–Crippen MR) is 66.4 cm³/mol. The normalized spacial score (nSPS) is 19.9. The summed E-state index contributed by atoms with van der Waals surface area (Å²) in [5.41, 5.74) is -1.38. The van der Waals surface area contributed by atoms with E-state index in [1.54, 1.807) is 0 Å². The highest BCUT2D eigenvalue weighted by molar-refractivity contribution is 6.30. The second kappa shape index (κ2) is 3.78. The number of benzene rings is 1. The van der Waals surface area contributed by atoms with Crippen molar-refractivity contribution in [3.05, 3.63) is 46.6 Å². The molecule has 0 aliphatic heterocycles. The molecule has 6 nitrogen and oxygen atoms in total. The molecule has 0 heterocycles. The maximum atomic E-state index is 12.4. The largest absolute Gasteiger partial charge is 0.507 e. The fourth-order valence-corrected chi connectivity index (χ4v) is 2.54. The van der Waals surface area contributed by atoms with Crippen LogP contribution in [0.2, 0.25) is 0 Å². The third kappa shape index (κ3) is 1.46. The van der Waals surface area contributed by atoms with Gasteiger partial charge >= 0.3 is 0 Å². The van der Waals surface area contributed by atoms with Gasteiger partial charge in [-0.1, -0.05) is 12.2 Å². The fourth-order valence-electron chi connectivity index (χ4n) is 2.54. The van der Waals surface area contributed by atoms with Gasteiger partial charge in [0.1, 0.15) is 11.5 Å². The lowest BCUT2D eigenvalue weighted by molar-refractivity contribution is -0.123. The Morgan fingerprint density at radius 3 is 2.10 bits per heavy atom. The number of carbonyl (C=O) groups excluding carboxylic acids is 2. The Morgan fingerprint density at radius 2 is 1.50 bits per heavy atom. The van der Waals surface area contributed by atoms with Crippen molar-refractivity contribution in [1.29, 1.82) is 0 Å². The summed E-state index contributed by atoms with van der Waals surface area (Å²) in [6.07, 6.45) is 2.43. The van der Waals surface area contributed by atoms with Gasteiger partial charge in [-0.2, -0.15) is 0 Å². The predicted octanol–water partition coefficient (Wildman–Crippen LogP) is 0.414. The number of hydrogen-bond acceptors (Lipinski definition) is 6. The minimum absolute atomic E-state index is 0.181. The second-order valence-electron chi connectivity index (χ2n) is 4.72. The van der Waals surface area contributed by atoms with E-state index in [9.17, 15) is 30.0 Å². The zero-order valence-corrected chi connectivity index (χ0v) is 10.1. The molecule has 1 aromatic carbocycles. The molecule has 6 heteroatoms. The Morgan fingerprint density at radius 1 is 0.950 bits per heavy atom. The molecule has 0 amide bonds. The molecular formula is C14H10O6. The van der Waals surface area contributed by atoms with E-state index >= 15 is 0 Å². The molecule has 0 aromatic heterocycles. The molecule has 4 N–H and O–H groups in total. The zero-order chi connectivity index (χ0) is 14.7. The maximum Gasteiger partial charge on any atom is 0.199 e. The van der Waals surface area contributed by atoms with Gasteiger partial charge in [-0.25, -0.2) is 0 Å². The number of carbonyl (C=O) groups is 2. The van der Waals surface area contributed by atoms with Crippen LogP contribution in [-0.4, -0.2) is 37.8 Å². The first-order valence-electron chi connectivity index (χ1n) is 5.85. The first-order valence-corrected chi connectivity index (χ1v) is 5.85. The number of hydrogen-bond donors (Lipinski definition) is 4. The second-order valence-corrected chi connectivity index (χ2v) is 4.72. The summed E-state index contributed by atoms with van der Waals surface area (Å²) in [6.45, 7) is 0. The molecule has 0 atom stereocenters.